The molecule has 3 unspecified atom stereocenters. The maximum Gasteiger partial charge on any atom is 0.354 e. The molecule has 32 heavy (non-hydrogen) atoms. The molecule has 1 heterocycles. The van der Waals surface area contributed by atoms with Crippen molar-refractivity contribution in [2.75, 3.05) is 12.4 Å². The van der Waals surface area contributed by atoms with Gasteiger partial charge >= 0.3 is 11.7 Å². The quantitative estimate of drug-likeness (QED) is 0.230. The van der Waals surface area contributed by atoms with Gasteiger partial charge in [0.05, 0.1) is 16.6 Å². The van der Waals surface area contributed by atoms with E-state index < -0.39 is 62.3 Å². The average molecular weight is 522 g/mol. The van der Waals surface area contributed by atoms with E-state index in [1.807, 2.05) is 0 Å². The predicted octanol–water partition coefficient (Wildman–Crippen LogP) is 1.75. The van der Waals surface area contributed by atoms with Crippen LogP contribution in [0.25, 0.3) is 5.70 Å². The van der Waals surface area contributed by atoms with Gasteiger partial charge in [-0.3, -0.25) is 4.79 Å². The summed E-state index contributed by atoms with van der Waals surface area (Å²) in [6.45, 7) is 5.55. The molecule has 3 N–H and O–H groups in total. The summed E-state index contributed by atoms with van der Waals surface area (Å²) < 4.78 is 45.5. The van der Waals surface area contributed by atoms with E-state index in [2.05, 4.69) is 22.5 Å². The Hall–Kier alpha value is -2.93. The van der Waals surface area contributed by atoms with Crippen molar-refractivity contribution in [3.63, 3.8) is 0 Å². The maximum absolute atomic E-state index is 15.7. The Morgan fingerprint density at radius 1 is 1.44 bits per heavy atom. The standard InChI is InChI=1S/C19H19BrF3N3O6/c1-4-5-32-19(16(29)30)7-11(14(21)13(9(2)8-27)18(19,3)20)25-12(28)6-10(15(22)23)26(24)17(25)31/h4,6-9,15H,1,5,24H2,2-3H3,(H,29,30). The van der Waals surface area contributed by atoms with Crippen LogP contribution in [0.4, 0.5) is 13.2 Å². The first-order valence-corrected chi connectivity index (χ1v) is 9.76. The number of nitrogen functional groups attached to an aromatic ring is 1. The first kappa shape index (κ1) is 25.3. The Bertz CT molecular complexity index is 1150. The highest BCUT2D eigenvalue weighted by Crippen LogP contribution is 2.51. The lowest BCUT2D eigenvalue weighted by Crippen LogP contribution is -2.59. The van der Waals surface area contributed by atoms with E-state index in [0.717, 1.165) is 0 Å². The maximum atomic E-state index is 15.7. The molecule has 1 aliphatic carbocycles. The van der Waals surface area contributed by atoms with Crippen LogP contribution in [-0.2, 0) is 14.3 Å². The van der Waals surface area contributed by atoms with Gasteiger partial charge in [0.2, 0.25) is 5.60 Å². The number of alkyl halides is 3. The number of carbonyl (C=O) groups is 2. The normalized spacial score (nSPS) is 24.3. The van der Waals surface area contributed by atoms with E-state index in [0.29, 0.717) is 18.4 Å². The molecule has 0 bridgehead atoms. The smallest absolute Gasteiger partial charge is 0.354 e. The lowest BCUT2D eigenvalue weighted by Gasteiger charge is -2.45. The first-order valence-electron chi connectivity index (χ1n) is 8.96. The summed E-state index contributed by atoms with van der Waals surface area (Å²) in [7, 11) is 0. The van der Waals surface area contributed by atoms with E-state index in [9.17, 15) is 33.1 Å². The molecule has 0 aliphatic heterocycles. The van der Waals surface area contributed by atoms with Crippen molar-refractivity contribution in [2.45, 2.75) is 30.2 Å². The van der Waals surface area contributed by atoms with Crippen LogP contribution in [0.1, 0.15) is 26.0 Å². The van der Waals surface area contributed by atoms with Gasteiger partial charge in [-0.2, -0.15) is 0 Å². The SMILES string of the molecule is C=CCOC1(C(=O)O)C=C(n2c(=O)cc(C(F)F)n(N)c2=O)C(F)=C(C(C)C=O)C1(C)Br. The van der Waals surface area contributed by atoms with Gasteiger partial charge in [-0.25, -0.2) is 32.0 Å². The van der Waals surface area contributed by atoms with E-state index in [1.165, 1.54) is 19.9 Å². The zero-order valence-corrected chi connectivity index (χ0v) is 18.4. The molecule has 13 heteroatoms. The van der Waals surface area contributed by atoms with Gasteiger partial charge in [-0.15, -0.1) is 6.58 Å². The number of hydrogen-bond donors (Lipinski definition) is 2. The second-order valence-corrected chi connectivity index (χ2v) is 8.61. The number of rotatable bonds is 8. The fourth-order valence-corrected chi connectivity index (χ4v) is 4.38. The number of carbonyl (C=O) groups excluding carboxylic acids is 1. The monoisotopic (exact) mass is 521 g/mol. The average Bonchev–Trinajstić information content (AvgIpc) is 2.70. The van der Waals surface area contributed by atoms with Crippen molar-refractivity contribution in [1.82, 2.24) is 9.24 Å². The first-order chi connectivity index (χ1) is 14.8. The van der Waals surface area contributed by atoms with E-state index >= 15 is 4.39 Å². The summed E-state index contributed by atoms with van der Waals surface area (Å²) in [5, 5.41) is 10.0. The zero-order chi connectivity index (χ0) is 24.6. The Morgan fingerprint density at radius 3 is 2.50 bits per heavy atom. The molecule has 174 valence electrons. The number of allylic oxidation sites excluding steroid dienone is 2. The van der Waals surface area contributed by atoms with Crippen molar-refractivity contribution >= 4 is 33.9 Å². The van der Waals surface area contributed by atoms with Crippen molar-refractivity contribution in [1.29, 1.82) is 0 Å². The molecule has 1 aromatic heterocycles. The topological polar surface area (TPSA) is 134 Å². The largest absolute Gasteiger partial charge is 0.479 e. The van der Waals surface area contributed by atoms with Gasteiger partial charge in [-0.05, 0) is 18.6 Å². The molecule has 3 atom stereocenters. The van der Waals surface area contributed by atoms with Crippen LogP contribution in [0.15, 0.2) is 45.8 Å². The summed E-state index contributed by atoms with van der Waals surface area (Å²) in [5.41, 5.74) is -7.92. The summed E-state index contributed by atoms with van der Waals surface area (Å²) in [4.78, 5) is 49.0. The van der Waals surface area contributed by atoms with Crippen LogP contribution in [0.5, 0.6) is 0 Å². The Kier molecular flexibility index (Phi) is 7.05. The number of carboxylic acids is 1. The molecule has 1 aromatic rings. The van der Waals surface area contributed by atoms with E-state index in [4.69, 9.17) is 10.6 Å². The van der Waals surface area contributed by atoms with Crippen molar-refractivity contribution < 1.29 is 32.6 Å². The Morgan fingerprint density at radius 2 is 2.03 bits per heavy atom. The molecule has 0 spiro atoms. The van der Waals surface area contributed by atoms with Crippen LogP contribution < -0.4 is 17.1 Å². The molecular weight excluding hydrogens is 503 g/mol. The van der Waals surface area contributed by atoms with Crippen LogP contribution >= 0.6 is 15.9 Å². The molecule has 0 saturated carbocycles. The molecule has 2 rings (SSSR count). The van der Waals surface area contributed by atoms with Crippen LogP contribution in [0.2, 0.25) is 0 Å². The number of aliphatic carboxylic acids is 1. The van der Waals surface area contributed by atoms with E-state index in [1.54, 1.807) is 0 Å². The van der Waals surface area contributed by atoms with Crippen molar-refractivity contribution in [2.24, 2.45) is 5.92 Å². The highest BCUT2D eigenvalue weighted by atomic mass is 79.9. The number of hydrogen-bond acceptors (Lipinski definition) is 6. The molecular formula is C19H19BrF3N3O6. The number of aldehydes is 1. The van der Waals surface area contributed by atoms with Crippen LogP contribution in [0.3, 0.4) is 0 Å². The highest BCUT2D eigenvalue weighted by molar-refractivity contribution is 9.10. The fourth-order valence-electron chi connectivity index (χ4n) is 3.45. The minimum Gasteiger partial charge on any atom is -0.479 e. The number of nitrogens with zero attached hydrogens (tertiary/aromatic N) is 2. The number of nitrogens with two attached hydrogens (primary N) is 1. The zero-order valence-electron chi connectivity index (χ0n) is 16.9. The van der Waals surface area contributed by atoms with Gasteiger partial charge in [0.25, 0.3) is 12.0 Å². The lowest BCUT2D eigenvalue weighted by molar-refractivity contribution is -0.160. The predicted molar refractivity (Wildman–Crippen MR) is 112 cm³/mol. The second kappa shape index (κ2) is 8.90. The van der Waals surface area contributed by atoms with Gasteiger partial charge in [0, 0.05) is 12.0 Å². The van der Waals surface area contributed by atoms with Crippen LogP contribution in [0, 0.1) is 5.92 Å². The highest BCUT2D eigenvalue weighted by Gasteiger charge is 2.59. The number of ether oxygens (including phenoxy) is 1. The Balaban J connectivity index is 3.06. The minimum atomic E-state index is -3.29. The fraction of sp³-hybridized carbons (Fsp3) is 0.368. The Labute approximate surface area is 187 Å². The molecule has 1 aliphatic rings. The molecule has 0 fully saturated rings. The molecule has 0 saturated heterocycles. The van der Waals surface area contributed by atoms with Gasteiger partial charge in [0.15, 0.2) is 0 Å². The molecule has 0 amide bonds. The number of carboxylic acid groups (broad SMARTS) is 1. The van der Waals surface area contributed by atoms with Crippen molar-refractivity contribution in [3.8, 4) is 0 Å². The van der Waals surface area contributed by atoms with Gasteiger partial charge in [0.1, 0.15) is 17.8 Å². The lowest BCUT2D eigenvalue weighted by atomic mass is 9.73. The summed E-state index contributed by atoms with van der Waals surface area (Å²) >= 11 is 3.14. The third-order valence-electron chi connectivity index (χ3n) is 5.04. The minimum absolute atomic E-state index is 0.0575. The third kappa shape index (κ3) is 3.75. The summed E-state index contributed by atoms with van der Waals surface area (Å²) in [5.74, 6) is 1.15. The number of halogens is 4. The molecule has 0 aromatic carbocycles. The molecule has 0 radical (unpaired) electrons. The van der Waals surface area contributed by atoms with Crippen molar-refractivity contribution in [3.05, 3.63) is 62.7 Å². The number of aromatic nitrogens is 2. The molecule has 9 nitrogen and oxygen atoms in total. The summed E-state index contributed by atoms with van der Waals surface area (Å²) in [6, 6.07) is 0.317. The van der Waals surface area contributed by atoms with Crippen LogP contribution in [-0.4, -0.2) is 43.1 Å². The van der Waals surface area contributed by atoms with E-state index in [-0.39, 0.29) is 15.9 Å². The third-order valence-corrected chi connectivity index (χ3v) is 6.06. The second-order valence-electron chi connectivity index (χ2n) is 7.02. The van der Waals surface area contributed by atoms with Gasteiger partial charge < -0.3 is 20.5 Å². The summed E-state index contributed by atoms with van der Waals surface area (Å²) in [6.07, 6.45) is -1.12. The van der Waals surface area contributed by atoms with Gasteiger partial charge in [-0.1, -0.05) is 28.9 Å².